The van der Waals surface area contributed by atoms with E-state index in [9.17, 15) is 0 Å². The molecule has 7 heteroatoms. The summed E-state index contributed by atoms with van der Waals surface area (Å²) in [6.07, 6.45) is -0.207. The van der Waals surface area contributed by atoms with Crippen molar-refractivity contribution in [1.82, 2.24) is 10.2 Å². The second-order valence-electron chi connectivity index (χ2n) is 4.16. The van der Waals surface area contributed by atoms with Crippen molar-refractivity contribution in [2.75, 3.05) is 13.2 Å². The molecule has 1 rings (SSSR count). The van der Waals surface area contributed by atoms with Gasteiger partial charge in [-0.15, -0.1) is 5.10 Å². The molecule has 3 N–H and O–H groups in total. The Hall–Kier alpha value is -1.89. The van der Waals surface area contributed by atoms with Crippen LogP contribution in [0, 0.1) is 13.8 Å². The van der Waals surface area contributed by atoms with Crippen molar-refractivity contribution >= 4 is 5.84 Å². The molecule has 0 aliphatic carbocycles. The maximum atomic E-state index is 8.84. The van der Waals surface area contributed by atoms with Crippen molar-refractivity contribution < 1.29 is 14.7 Å². The number of amidine groups is 1. The Bertz CT molecular complexity index is 463. The van der Waals surface area contributed by atoms with E-state index in [1.165, 1.54) is 0 Å². The lowest BCUT2D eigenvalue weighted by atomic mass is 10.1. The summed E-state index contributed by atoms with van der Waals surface area (Å²) >= 11 is 0. The Kier molecular flexibility index (Phi) is 5.50. The minimum atomic E-state index is -0.207. The number of hydrogen-bond donors (Lipinski definition) is 2. The Labute approximate surface area is 112 Å². The Morgan fingerprint density at radius 3 is 2.68 bits per heavy atom. The standard InChI is InChI=1S/C12H20N4O3/c1-5-18-6-7(2)19-12-10(11(13)16-17)8(3)9(4)14-15-12/h7,17H,5-6H2,1-4H3,(H2,13,16). The average molecular weight is 268 g/mol. The lowest BCUT2D eigenvalue weighted by Gasteiger charge is -2.17. The van der Waals surface area contributed by atoms with Gasteiger partial charge in [-0.2, -0.15) is 5.10 Å². The fourth-order valence-electron chi connectivity index (χ4n) is 1.53. The SMILES string of the molecule is CCOCC(C)Oc1nnc(C)c(C)c1C(N)=NO. The Morgan fingerprint density at radius 1 is 1.42 bits per heavy atom. The van der Waals surface area contributed by atoms with Crippen LogP contribution in [0.1, 0.15) is 30.7 Å². The minimum absolute atomic E-state index is 0.0471. The van der Waals surface area contributed by atoms with Gasteiger partial charge in [0.15, 0.2) is 5.84 Å². The van der Waals surface area contributed by atoms with Gasteiger partial charge in [-0.1, -0.05) is 5.16 Å². The van der Waals surface area contributed by atoms with Gasteiger partial charge in [-0.05, 0) is 33.3 Å². The molecule has 106 valence electrons. The van der Waals surface area contributed by atoms with Crippen molar-refractivity contribution in [2.45, 2.75) is 33.8 Å². The van der Waals surface area contributed by atoms with Crippen LogP contribution >= 0.6 is 0 Å². The molecule has 0 bridgehead atoms. The lowest BCUT2D eigenvalue weighted by Crippen LogP contribution is -2.24. The summed E-state index contributed by atoms with van der Waals surface area (Å²) in [5.74, 6) is 0.194. The number of oxime groups is 1. The Morgan fingerprint density at radius 2 is 2.11 bits per heavy atom. The van der Waals surface area contributed by atoms with Gasteiger partial charge in [-0.25, -0.2) is 0 Å². The van der Waals surface area contributed by atoms with E-state index in [4.69, 9.17) is 20.4 Å². The average Bonchev–Trinajstić information content (AvgIpc) is 2.40. The summed E-state index contributed by atoms with van der Waals surface area (Å²) in [7, 11) is 0. The molecule has 0 saturated heterocycles. The molecule has 0 saturated carbocycles. The predicted octanol–water partition coefficient (Wildman–Crippen LogP) is 0.992. The first kappa shape index (κ1) is 15.2. The van der Waals surface area contributed by atoms with Crippen molar-refractivity contribution in [3.8, 4) is 5.88 Å². The Balaban J connectivity index is 3.04. The molecule has 0 aromatic carbocycles. The fraction of sp³-hybridized carbons (Fsp3) is 0.583. The zero-order valence-corrected chi connectivity index (χ0v) is 11.7. The lowest BCUT2D eigenvalue weighted by molar-refractivity contribution is 0.0626. The van der Waals surface area contributed by atoms with E-state index in [2.05, 4.69) is 15.4 Å². The van der Waals surface area contributed by atoms with Gasteiger partial charge in [0.1, 0.15) is 6.10 Å². The molecule has 1 aromatic rings. The highest BCUT2D eigenvalue weighted by atomic mass is 16.5. The van der Waals surface area contributed by atoms with Crippen molar-refractivity contribution in [3.63, 3.8) is 0 Å². The van der Waals surface area contributed by atoms with Crippen molar-refractivity contribution in [1.29, 1.82) is 0 Å². The largest absolute Gasteiger partial charge is 0.471 e. The highest BCUT2D eigenvalue weighted by Gasteiger charge is 2.18. The van der Waals surface area contributed by atoms with Gasteiger partial charge in [0.05, 0.1) is 17.9 Å². The highest BCUT2D eigenvalue weighted by Crippen LogP contribution is 2.21. The first-order valence-electron chi connectivity index (χ1n) is 6.07. The van der Waals surface area contributed by atoms with Crippen LogP contribution in [0.25, 0.3) is 0 Å². The number of rotatable bonds is 6. The molecule has 1 heterocycles. The second kappa shape index (κ2) is 6.89. The van der Waals surface area contributed by atoms with Crippen LogP contribution < -0.4 is 10.5 Å². The van der Waals surface area contributed by atoms with Crippen LogP contribution in [0.3, 0.4) is 0 Å². The van der Waals surface area contributed by atoms with Gasteiger partial charge >= 0.3 is 0 Å². The van der Waals surface area contributed by atoms with Crippen LogP contribution in [0.4, 0.5) is 0 Å². The van der Waals surface area contributed by atoms with Gasteiger partial charge < -0.3 is 20.4 Å². The third-order valence-electron chi connectivity index (χ3n) is 2.66. The maximum absolute atomic E-state index is 8.84. The monoisotopic (exact) mass is 268 g/mol. The molecule has 0 amide bonds. The van der Waals surface area contributed by atoms with E-state index in [0.29, 0.717) is 24.5 Å². The summed E-state index contributed by atoms with van der Waals surface area (Å²) in [4.78, 5) is 0. The quantitative estimate of drug-likeness (QED) is 0.345. The van der Waals surface area contributed by atoms with E-state index in [-0.39, 0.29) is 17.8 Å². The zero-order valence-electron chi connectivity index (χ0n) is 11.7. The summed E-state index contributed by atoms with van der Waals surface area (Å²) in [5, 5.41) is 19.8. The molecular formula is C12H20N4O3. The van der Waals surface area contributed by atoms with Crippen LogP contribution in [0.2, 0.25) is 0 Å². The number of aromatic nitrogens is 2. The molecule has 0 fully saturated rings. The van der Waals surface area contributed by atoms with E-state index in [0.717, 1.165) is 5.56 Å². The van der Waals surface area contributed by atoms with Crippen LogP contribution in [0.15, 0.2) is 5.16 Å². The first-order chi connectivity index (χ1) is 9.01. The number of nitrogens with zero attached hydrogens (tertiary/aromatic N) is 3. The predicted molar refractivity (Wildman–Crippen MR) is 70.6 cm³/mol. The molecule has 7 nitrogen and oxygen atoms in total. The summed E-state index contributed by atoms with van der Waals surface area (Å²) in [5.41, 5.74) is 7.59. The first-order valence-corrected chi connectivity index (χ1v) is 6.07. The molecular weight excluding hydrogens is 248 g/mol. The number of ether oxygens (including phenoxy) is 2. The smallest absolute Gasteiger partial charge is 0.245 e. The number of nitrogens with two attached hydrogens (primary N) is 1. The third kappa shape index (κ3) is 3.78. The van der Waals surface area contributed by atoms with Gasteiger partial charge in [0.25, 0.3) is 0 Å². The molecule has 0 radical (unpaired) electrons. The van der Waals surface area contributed by atoms with Crippen molar-refractivity contribution in [2.24, 2.45) is 10.9 Å². The third-order valence-corrected chi connectivity index (χ3v) is 2.66. The summed E-state index contributed by atoms with van der Waals surface area (Å²) in [6, 6.07) is 0. The van der Waals surface area contributed by atoms with Crippen molar-refractivity contribution in [3.05, 3.63) is 16.8 Å². The van der Waals surface area contributed by atoms with Crippen LogP contribution in [-0.4, -0.2) is 40.6 Å². The van der Waals surface area contributed by atoms with Crippen LogP contribution in [-0.2, 0) is 4.74 Å². The molecule has 0 aliphatic rings. The highest BCUT2D eigenvalue weighted by molar-refractivity contribution is 6.00. The van der Waals surface area contributed by atoms with Crippen LogP contribution in [0.5, 0.6) is 5.88 Å². The van der Waals surface area contributed by atoms with E-state index < -0.39 is 0 Å². The number of aryl methyl sites for hydroxylation is 1. The van der Waals surface area contributed by atoms with E-state index >= 15 is 0 Å². The zero-order chi connectivity index (χ0) is 14.4. The van der Waals surface area contributed by atoms with E-state index in [1.54, 1.807) is 6.92 Å². The second-order valence-corrected chi connectivity index (χ2v) is 4.16. The molecule has 1 aromatic heterocycles. The van der Waals surface area contributed by atoms with Gasteiger partial charge in [0.2, 0.25) is 5.88 Å². The van der Waals surface area contributed by atoms with E-state index in [1.807, 2.05) is 20.8 Å². The minimum Gasteiger partial charge on any atom is -0.471 e. The molecule has 0 aliphatic heterocycles. The maximum Gasteiger partial charge on any atom is 0.245 e. The normalized spacial score (nSPS) is 13.4. The fourth-order valence-corrected chi connectivity index (χ4v) is 1.53. The molecule has 1 atom stereocenters. The molecule has 0 spiro atoms. The summed E-state index contributed by atoms with van der Waals surface area (Å²) in [6.45, 7) is 8.41. The van der Waals surface area contributed by atoms with Gasteiger partial charge in [-0.3, -0.25) is 0 Å². The topological polar surface area (TPSA) is 103 Å². The van der Waals surface area contributed by atoms with Gasteiger partial charge in [0, 0.05) is 6.61 Å². The molecule has 19 heavy (non-hydrogen) atoms. The summed E-state index contributed by atoms with van der Waals surface area (Å²) < 4.78 is 10.9. The number of hydrogen-bond acceptors (Lipinski definition) is 6. The molecule has 1 unspecified atom stereocenters.